The monoisotopic (exact) mass is 359 g/mol. The molecule has 2 nitrogen and oxygen atoms in total. The molecule has 2 saturated carbocycles. The molecule has 0 aromatic heterocycles. The Hall–Kier alpha value is -2.27. The molecule has 0 spiro atoms. The van der Waals surface area contributed by atoms with Gasteiger partial charge in [-0.15, -0.1) is 0 Å². The van der Waals surface area contributed by atoms with Gasteiger partial charge >= 0.3 is 0 Å². The Bertz CT molecular complexity index is 767. The van der Waals surface area contributed by atoms with Gasteiger partial charge in [0.05, 0.1) is 18.2 Å². The first-order valence-corrected chi connectivity index (χ1v) is 10.6. The molecule has 2 aliphatic rings. The summed E-state index contributed by atoms with van der Waals surface area (Å²) in [5.41, 5.74) is 2.97. The number of nitriles is 1. The normalized spacial score (nSPS) is 20.9. The molecule has 2 fully saturated rings. The van der Waals surface area contributed by atoms with E-state index < -0.39 is 0 Å². The predicted molar refractivity (Wildman–Crippen MR) is 109 cm³/mol. The van der Waals surface area contributed by atoms with Crippen LogP contribution in [0, 0.1) is 29.1 Å². The topological polar surface area (TPSA) is 33.0 Å². The van der Waals surface area contributed by atoms with Gasteiger partial charge in [-0.1, -0.05) is 49.9 Å². The summed E-state index contributed by atoms with van der Waals surface area (Å²) in [6.45, 7) is 0.810. The van der Waals surface area contributed by atoms with Gasteiger partial charge in [0.15, 0.2) is 0 Å². The summed E-state index contributed by atoms with van der Waals surface area (Å²) in [7, 11) is 0. The third-order valence-corrected chi connectivity index (χ3v) is 6.14. The van der Waals surface area contributed by atoms with E-state index in [1.54, 1.807) is 0 Å². The van der Waals surface area contributed by atoms with Gasteiger partial charge in [0.1, 0.15) is 5.75 Å². The summed E-state index contributed by atoms with van der Waals surface area (Å²) in [5.74, 6) is 4.29. The van der Waals surface area contributed by atoms with E-state index in [0.29, 0.717) is 5.56 Å². The molecule has 0 heterocycles. The van der Waals surface area contributed by atoms with E-state index in [1.807, 2.05) is 36.4 Å². The number of hydrogen-bond acceptors (Lipinski definition) is 2. The summed E-state index contributed by atoms with van der Waals surface area (Å²) in [4.78, 5) is 0. The van der Waals surface area contributed by atoms with Crippen molar-refractivity contribution >= 4 is 0 Å². The number of rotatable bonds is 10. The lowest BCUT2D eigenvalue weighted by atomic mass is 10.0. The zero-order valence-electron chi connectivity index (χ0n) is 16.1. The molecule has 0 saturated heterocycles. The SMILES string of the molecule is N#Cc1ccc(-c2ccc(OCCCCCC[C@@H]3C[C@@H]3C3CC3)cc2)cc1. The first-order chi connectivity index (χ1) is 13.3. The molecule has 0 radical (unpaired) electrons. The Balaban J connectivity index is 1.10. The van der Waals surface area contributed by atoms with Crippen molar-refractivity contribution in [1.29, 1.82) is 5.26 Å². The maximum Gasteiger partial charge on any atom is 0.119 e. The molecule has 27 heavy (non-hydrogen) atoms. The van der Waals surface area contributed by atoms with Crippen LogP contribution in [0.3, 0.4) is 0 Å². The Morgan fingerprint density at radius 1 is 0.852 bits per heavy atom. The average Bonchev–Trinajstić information content (AvgIpc) is 3.62. The molecule has 2 aromatic carbocycles. The molecule has 2 aromatic rings. The lowest BCUT2D eigenvalue weighted by Crippen LogP contribution is -1.97. The van der Waals surface area contributed by atoms with E-state index in [4.69, 9.17) is 10.00 Å². The minimum Gasteiger partial charge on any atom is -0.494 e. The molecule has 0 N–H and O–H groups in total. The summed E-state index contributed by atoms with van der Waals surface area (Å²) < 4.78 is 5.89. The van der Waals surface area contributed by atoms with Crippen LogP contribution in [0.2, 0.25) is 0 Å². The fourth-order valence-electron chi connectivity index (χ4n) is 4.24. The molecule has 2 heteroatoms. The van der Waals surface area contributed by atoms with Gasteiger partial charge in [-0.3, -0.25) is 0 Å². The Morgan fingerprint density at radius 2 is 1.52 bits per heavy atom. The number of unbranched alkanes of at least 4 members (excludes halogenated alkanes) is 3. The molecule has 0 aliphatic heterocycles. The van der Waals surface area contributed by atoms with Gasteiger partial charge < -0.3 is 4.74 Å². The minimum absolute atomic E-state index is 0.693. The van der Waals surface area contributed by atoms with Crippen molar-refractivity contribution in [2.75, 3.05) is 6.61 Å². The smallest absolute Gasteiger partial charge is 0.119 e. The van der Waals surface area contributed by atoms with Crippen molar-refractivity contribution in [2.45, 2.75) is 51.4 Å². The second-order valence-corrected chi connectivity index (χ2v) is 8.26. The standard InChI is InChI=1S/C25H29NO/c26-18-19-6-8-20(9-7-19)21-12-14-24(15-13-21)27-16-4-2-1-3-5-23-17-25(23)22-10-11-22/h6-9,12-15,22-23,25H,1-5,10-11,16-17H2/t23-,25-/m1/s1. The summed E-state index contributed by atoms with van der Waals surface area (Å²) in [5, 5.41) is 8.88. The van der Waals surface area contributed by atoms with Crippen LogP contribution in [0.5, 0.6) is 5.75 Å². The molecular weight excluding hydrogens is 330 g/mol. The first kappa shape index (κ1) is 18.1. The van der Waals surface area contributed by atoms with Crippen molar-refractivity contribution in [3.8, 4) is 22.9 Å². The summed E-state index contributed by atoms with van der Waals surface area (Å²) in [6, 6.07) is 18.1. The van der Waals surface area contributed by atoms with Crippen LogP contribution in [-0.4, -0.2) is 6.61 Å². The first-order valence-electron chi connectivity index (χ1n) is 10.6. The predicted octanol–water partition coefficient (Wildman–Crippen LogP) is 6.60. The highest BCUT2D eigenvalue weighted by Crippen LogP contribution is 2.56. The van der Waals surface area contributed by atoms with Gasteiger partial charge in [0.25, 0.3) is 0 Å². The van der Waals surface area contributed by atoms with Crippen molar-refractivity contribution in [2.24, 2.45) is 17.8 Å². The van der Waals surface area contributed by atoms with Crippen LogP contribution in [0.25, 0.3) is 11.1 Å². The third-order valence-electron chi connectivity index (χ3n) is 6.14. The highest BCUT2D eigenvalue weighted by atomic mass is 16.5. The van der Waals surface area contributed by atoms with E-state index in [9.17, 15) is 0 Å². The molecule has 2 atom stereocenters. The van der Waals surface area contributed by atoms with Gasteiger partial charge in [-0.25, -0.2) is 0 Å². The largest absolute Gasteiger partial charge is 0.494 e. The van der Waals surface area contributed by atoms with Crippen LogP contribution < -0.4 is 4.74 Å². The van der Waals surface area contributed by atoms with Gasteiger partial charge in [0, 0.05) is 0 Å². The van der Waals surface area contributed by atoms with Crippen molar-refractivity contribution in [3.05, 3.63) is 54.1 Å². The molecule has 0 unspecified atom stereocenters. The molecule has 0 amide bonds. The molecule has 2 aliphatic carbocycles. The third kappa shape index (κ3) is 5.13. The Kier molecular flexibility index (Phi) is 5.78. The van der Waals surface area contributed by atoms with Crippen LogP contribution in [0.4, 0.5) is 0 Å². The maximum atomic E-state index is 8.88. The fraction of sp³-hybridized carbons (Fsp3) is 0.480. The van der Waals surface area contributed by atoms with Crippen molar-refractivity contribution < 1.29 is 4.74 Å². The number of benzene rings is 2. The molecule has 140 valence electrons. The lowest BCUT2D eigenvalue weighted by Gasteiger charge is -2.08. The van der Waals surface area contributed by atoms with Gasteiger partial charge in [-0.2, -0.15) is 5.26 Å². The van der Waals surface area contributed by atoms with E-state index in [0.717, 1.165) is 47.7 Å². The van der Waals surface area contributed by atoms with Crippen molar-refractivity contribution in [3.63, 3.8) is 0 Å². The van der Waals surface area contributed by atoms with E-state index in [-0.39, 0.29) is 0 Å². The van der Waals surface area contributed by atoms with E-state index in [2.05, 4.69) is 18.2 Å². The second-order valence-electron chi connectivity index (χ2n) is 8.26. The summed E-state index contributed by atoms with van der Waals surface area (Å²) >= 11 is 0. The van der Waals surface area contributed by atoms with Crippen molar-refractivity contribution in [1.82, 2.24) is 0 Å². The highest BCUT2D eigenvalue weighted by Gasteiger charge is 2.46. The van der Waals surface area contributed by atoms with E-state index >= 15 is 0 Å². The fourth-order valence-corrected chi connectivity index (χ4v) is 4.24. The second kappa shape index (κ2) is 8.61. The Labute approximate surface area is 163 Å². The Morgan fingerprint density at radius 3 is 2.19 bits per heavy atom. The van der Waals surface area contributed by atoms with Gasteiger partial charge in [-0.05, 0) is 78.8 Å². The maximum absolute atomic E-state index is 8.88. The molecule has 0 bridgehead atoms. The van der Waals surface area contributed by atoms with E-state index in [1.165, 1.54) is 44.9 Å². The average molecular weight is 360 g/mol. The zero-order chi connectivity index (χ0) is 18.5. The molecular formula is C25H29NO. The minimum atomic E-state index is 0.693. The summed E-state index contributed by atoms with van der Waals surface area (Å²) in [6.07, 6.45) is 11.2. The van der Waals surface area contributed by atoms with Crippen LogP contribution in [-0.2, 0) is 0 Å². The van der Waals surface area contributed by atoms with Crippen LogP contribution in [0.15, 0.2) is 48.5 Å². The number of ether oxygens (including phenoxy) is 1. The quantitative estimate of drug-likeness (QED) is 0.448. The van der Waals surface area contributed by atoms with Crippen LogP contribution in [0.1, 0.15) is 56.9 Å². The zero-order valence-corrected chi connectivity index (χ0v) is 16.1. The molecule has 4 rings (SSSR count). The number of nitrogens with zero attached hydrogens (tertiary/aromatic N) is 1. The number of hydrogen-bond donors (Lipinski definition) is 0. The van der Waals surface area contributed by atoms with Gasteiger partial charge in [0.2, 0.25) is 0 Å². The highest BCUT2D eigenvalue weighted by molar-refractivity contribution is 5.64. The van der Waals surface area contributed by atoms with Crippen LogP contribution >= 0.6 is 0 Å². The lowest BCUT2D eigenvalue weighted by molar-refractivity contribution is 0.304.